The summed E-state index contributed by atoms with van der Waals surface area (Å²) in [6.07, 6.45) is 5.81. The number of piperidine rings is 1. The van der Waals surface area contributed by atoms with Gasteiger partial charge in [0.2, 0.25) is 0 Å². The Kier molecular flexibility index (Phi) is 8.45. The standard InChI is InChI=1S/C23H41N5O6S/c1-16-14-27(22(29)34-21-6-4-5-9-24-21)20-12-17(7-8-19(20)28(16)23(30)33-2)18-13-25-26(15-18)10-11-35(3,31)32/h16-21,24-25H,4-15H2,1-3H3/t16-,17?,18?,19?,20?,21?/m0/s1. The van der Waals surface area contributed by atoms with E-state index in [0.717, 1.165) is 58.2 Å². The van der Waals surface area contributed by atoms with E-state index in [1.54, 1.807) is 0 Å². The Morgan fingerprint density at radius 2 is 1.83 bits per heavy atom. The summed E-state index contributed by atoms with van der Waals surface area (Å²) >= 11 is 0. The van der Waals surface area contributed by atoms with E-state index >= 15 is 0 Å². The van der Waals surface area contributed by atoms with Gasteiger partial charge in [0.1, 0.15) is 9.84 Å². The molecule has 5 unspecified atom stereocenters. The summed E-state index contributed by atoms with van der Waals surface area (Å²) in [6.45, 7) is 5.26. The maximum atomic E-state index is 13.3. The smallest absolute Gasteiger partial charge is 0.411 e. The van der Waals surface area contributed by atoms with E-state index in [2.05, 4.69) is 10.7 Å². The first kappa shape index (κ1) is 26.4. The van der Waals surface area contributed by atoms with Gasteiger partial charge in [-0.15, -0.1) is 0 Å². The number of carbonyl (C=O) groups is 2. The molecular formula is C23H41N5O6S. The molecule has 0 radical (unpaired) electrons. The molecule has 2 amide bonds. The highest BCUT2D eigenvalue weighted by molar-refractivity contribution is 7.90. The zero-order valence-electron chi connectivity index (χ0n) is 21.1. The van der Waals surface area contributed by atoms with Crippen LogP contribution in [0, 0.1) is 11.8 Å². The number of amides is 2. The van der Waals surface area contributed by atoms with Crippen LogP contribution in [0.15, 0.2) is 0 Å². The fourth-order valence-corrected chi connectivity index (χ4v) is 6.80. The average molecular weight is 516 g/mol. The zero-order valence-corrected chi connectivity index (χ0v) is 22.0. The van der Waals surface area contributed by atoms with Crippen LogP contribution < -0.4 is 10.7 Å². The van der Waals surface area contributed by atoms with E-state index in [-0.39, 0.29) is 42.3 Å². The van der Waals surface area contributed by atoms with Crippen LogP contribution in [0.1, 0.15) is 45.4 Å². The number of hydrogen-bond donors (Lipinski definition) is 2. The molecule has 6 atom stereocenters. The van der Waals surface area contributed by atoms with Crippen molar-refractivity contribution in [3.63, 3.8) is 0 Å². The molecule has 4 fully saturated rings. The third-order valence-electron chi connectivity index (χ3n) is 8.07. The number of methoxy groups -OCH3 is 1. The van der Waals surface area contributed by atoms with Gasteiger partial charge in [0.05, 0.1) is 31.0 Å². The lowest BCUT2D eigenvalue weighted by molar-refractivity contribution is -0.0512. The van der Waals surface area contributed by atoms with Crippen LogP contribution >= 0.6 is 0 Å². The van der Waals surface area contributed by atoms with E-state index in [1.165, 1.54) is 13.4 Å². The number of rotatable bonds is 5. The van der Waals surface area contributed by atoms with Crippen LogP contribution in [0.2, 0.25) is 0 Å². The molecule has 4 aliphatic rings. The van der Waals surface area contributed by atoms with Crippen LogP contribution in [0.25, 0.3) is 0 Å². The summed E-state index contributed by atoms with van der Waals surface area (Å²) in [5, 5.41) is 5.28. The highest BCUT2D eigenvalue weighted by Gasteiger charge is 2.49. The quantitative estimate of drug-likeness (QED) is 0.553. The topological polar surface area (TPSA) is 121 Å². The lowest BCUT2D eigenvalue weighted by Crippen LogP contribution is -2.67. The first-order chi connectivity index (χ1) is 16.7. The van der Waals surface area contributed by atoms with Crippen molar-refractivity contribution in [3.8, 4) is 0 Å². The number of nitrogens with zero attached hydrogens (tertiary/aromatic N) is 3. The molecule has 200 valence electrons. The molecule has 0 aromatic rings. The number of piperazine rings is 1. The summed E-state index contributed by atoms with van der Waals surface area (Å²) in [5.41, 5.74) is 3.35. The van der Waals surface area contributed by atoms with Gasteiger partial charge in [-0.05, 0) is 63.8 Å². The van der Waals surface area contributed by atoms with Crippen molar-refractivity contribution in [2.75, 3.05) is 51.8 Å². The van der Waals surface area contributed by atoms with Crippen molar-refractivity contribution < 1.29 is 27.5 Å². The molecule has 1 saturated carbocycles. The highest BCUT2D eigenvalue weighted by Crippen LogP contribution is 2.40. The molecule has 3 aliphatic heterocycles. The van der Waals surface area contributed by atoms with Crippen LogP contribution in [0.4, 0.5) is 9.59 Å². The van der Waals surface area contributed by atoms with E-state index in [4.69, 9.17) is 9.47 Å². The second-order valence-electron chi connectivity index (χ2n) is 10.6. The number of hydrogen-bond acceptors (Lipinski definition) is 9. The van der Waals surface area contributed by atoms with Gasteiger partial charge in [-0.2, -0.15) is 0 Å². The van der Waals surface area contributed by atoms with Gasteiger partial charge in [0.15, 0.2) is 6.23 Å². The monoisotopic (exact) mass is 515 g/mol. The molecule has 4 rings (SSSR count). The first-order valence-electron chi connectivity index (χ1n) is 12.9. The molecule has 3 saturated heterocycles. The lowest BCUT2D eigenvalue weighted by atomic mass is 9.73. The molecule has 0 bridgehead atoms. The molecule has 12 heteroatoms. The number of nitrogens with one attached hydrogen (secondary N) is 2. The van der Waals surface area contributed by atoms with Crippen LogP contribution in [0.3, 0.4) is 0 Å². The second-order valence-corrected chi connectivity index (χ2v) is 12.9. The van der Waals surface area contributed by atoms with Gasteiger partial charge in [-0.1, -0.05) is 0 Å². The Hall–Kier alpha value is -1.63. The minimum atomic E-state index is -3.02. The fraction of sp³-hybridized carbons (Fsp3) is 0.913. The summed E-state index contributed by atoms with van der Waals surface area (Å²) < 4.78 is 34.1. The predicted octanol–water partition coefficient (Wildman–Crippen LogP) is 1.01. The minimum absolute atomic E-state index is 0.106. The van der Waals surface area contributed by atoms with Gasteiger partial charge < -0.3 is 14.4 Å². The summed E-state index contributed by atoms with van der Waals surface area (Å²) in [5.74, 6) is 0.852. The fourth-order valence-electron chi connectivity index (χ4n) is 6.25. The van der Waals surface area contributed by atoms with Crippen LogP contribution in [-0.4, -0.2) is 112 Å². The Morgan fingerprint density at radius 3 is 2.51 bits per heavy atom. The Balaban J connectivity index is 1.45. The molecule has 1 aliphatic carbocycles. The number of fused-ring (bicyclic) bond motifs is 1. The summed E-state index contributed by atoms with van der Waals surface area (Å²) in [4.78, 5) is 29.6. The number of hydrazine groups is 1. The third kappa shape index (κ3) is 6.39. The molecule has 0 aromatic carbocycles. The van der Waals surface area contributed by atoms with Gasteiger partial charge in [-0.3, -0.25) is 15.6 Å². The minimum Gasteiger partial charge on any atom is -0.453 e. The largest absolute Gasteiger partial charge is 0.453 e. The summed E-state index contributed by atoms with van der Waals surface area (Å²) in [7, 11) is -1.61. The number of carbonyl (C=O) groups excluding carboxylic acids is 2. The highest BCUT2D eigenvalue weighted by atomic mass is 32.2. The zero-order chi connectivity index (χ0) is 25.2. The van der Waals surface area contributed by atoms with Crippen molar-refractivity contribution in [1.82, 2.24) is 25.6 Å². The van der Waals surface area contributed by atoms with Gasteiger partial charge in [0.25, 0.3) is 0 Å². The summed E-state index contributed by atoms with van der Waals surface area (Å²) in [6, 6.07) is -0.401. The van der Waals surface area contributed by atoms with E-state index < -0.39 is 9.84 Å². The molecule has 0 aromatic heterocycles. The Labute approximate surface area is 208 Å². The van der Waals surface area contributed by atoms with Crippen LogP contribution in [0.5, 0.6) is 0 Å². The third-order valence-corrected chi connectivity index (χ3v) is 9.00. The normalized spacial score (nSPS) is 34.4. The second kappa shape index (κ2) is 11.2. The van der Waals surface area contributed by atoms with Crippen molar-refractivity contribution >= 4 is 22.0 Å². The van der Waals surface area contributed by atoms with Crippen molar-refractivity contribution in [3.05, 3.63) is 0 Å². The van der Waals surface area contributed by atoms with E-state index in [9.17, 15) is 18.0 Å². The SMILES string of the molecule is COC(=O)N1C2CCC(C3CNN(CCS(C)(=O)=O)C3)CC2N(C(=O)OC2CCCCN2)C[C@@H]1C. The first-order valence-corrected chi connectivity index (χ1v) is 15.0. The number of sulfone groups is 1. The molecule has 2 N–H and O–H groups in total. The molecule has 3 heterocycles. The van der Waals surface area contributed by atoms with E-state index in [0.29, 0.717) is 24.9 Å². The molecule has 0 spiro atoms. The maximum absolute atomic E-state index is 13.3. The Bertz CT molecular complexity index is 866. The van der Waals surface area contributed by atoms with Gasteiger partial charge in [0, 0.05) is 32.4 Å². The molecule has 11 nitrogen and oxygen atoms in total. The van der Waals surface area contributed by atoms with E-state index in [1.807, 2.05) is 21.7 Å². The molecule has 35 heavy (non-hydrogen) atoms. The Morgan fingerprint density at radius 1 is 1.03 bits per heavy atom. The van der Waals surface area contributed by atoms with Crippen molar-refractivity contribution in [2.24, 2.45) is 11.8 Å². The van der Waals surface area contributed by atoms with Crippen LogP contribution in [-0.2, 0) is 19.3 Å². The number of ether oxygens (including phenoxy) is 2. The maximum Gasteiger partial charge on any atom is 0.411 e. The molecular weight excluding hydrogens is 474 g/mol. The van der Waals surface area contributed by atoms with Gasteiger partial charge >= 0.3 is 12.2 Å². The predicted molar refractivity (Wildman–Crippen MR) is 130 cm³/mol. The van der Waals surface area contributed by atoms with Gasteiger partial charge in [-0.25, -0.2) is 23.0 Å². The van der Waals surface area contributed by atoms with Crippen molar-refractivity contribution in [1.29, 1.82) is 0 Å². The van der Waals surface area contributed by atoms with Crippen molar-refractivity contribution in [2.45, 2.75) is 69.8 Å². The lowest BCUT2D eigenvalue weighted by Gasteiger charge is -2.53. The average Bonchev–Trinajstić information content (AvgIpc) is 3.31.